The molecule has 2 N–H and O–H groups in total. The number of ether oxygens (including phenoxy) is 1. The maximum atomic E-state index is 5.68. The molecule has 6 nitrogen and oxygen atoms in total. The predicted molar refractivity (Wildman–Crippen MR) is 63.8 cm³/mol. The Hall–Kier alpha value is -1.95. The summed E-state index contributed by atoms with van der Waals surface area (Å²) in [7, 11) is 0. The number of aromatic nitrogens is 3. The highest BCUT2D eigenvalue weighted by molar-refractivity contribution is 5.55. The van der Waals surface area contributed by atoms with Gasteiger partial charge < -0.3 is 15.0 Å². The van der Waals surface area contributed by atoms with Gasteiger partial charge in [0.2, 0.25) is 17.6 Å². The first kappa shape index (κ1) is 11.2. The Morgan fingerprint density at radius 2 is 2.33 bits per heavy atom. The first-order chi connectivity index (χ1) is 8.72. The second-order valence-electron chi connectivity index (χ2n) is 4.44. The largest absolute Gasteiger partial charge is 0.474 e. The quantitative estimate of drug-likeness (QED) is 0.883. The summed E-state index contributed by atoms with van der Waals surface area (Å²) < 4.78 is 10.7. The second kappa shape index (κ2) is 4.38. The number of nitrogens with two attached hydrogens (primary N) is 1. The minimum atomic E-state index is -0.268. The third-order valence-corrected chi connectivity index (χ3v) is 2.64. The van der Waals surface area contributed by atoms with Crippen LogP contribution in [-0.2, 0) is 0 Å². The van der Waals surface area contributed by atoms with Crippen molar-refractivity contribution < 1.29 is 9.26 Å². The van der Waals surface area contributed by atoms with Crippen LogP contribution in [0.25, 0.3) is 11.4 Å². The summed E-state index contributed by atoms with van der Waals surface area (Å²) in [4.78, 5) is 8.38. The molecule has 1 saturated carbocycles. The van der Waals surface area contributed by atoms with Gasteiger partial charge in [-0.15, -0.1) is 0 Å². The minimum Gasteiger partial charge on any atom is -0.474 e. The van der Waals surface area contributed by atoms with Gasteiger partial charge in [0, 0.05) is 17.8 Å². The maximum Gasteiger partial charge on any atom is 0.243 e. The predicted octanol–water partition coefficient (Wildman–Crippen LogP) is 1.69. The molecular formula is C12H14N4O2. The topological polar surface area (TPSA) is 87.1 Å². The fraction of sp³-hybridized carbons (Fsp3) is 0.417. The third-order valence-electron chi connectivity index (χ3n) is 2.64. The van der Waals surface area contributed by atoms with E-state index in [1.54, 1.807) is 13.1 Å². The van der Waals surface area contributed by atoms with Gasteiger partial charge in [0.05, 0.1) is 6.04 Å². The molecule has 1 aliphatic rings. The first-order valence-corrected chi connectivity index (χ1v) is 5.94. The summed E-state index contributed by atoms with van der Waals surface area (Å²) in [6, 6.07) is 3.36. The molecule has 0 radical (unpaired) electrons. The van der Waals surface area contributed by atoms with E-state index in [2.05, 4.69) is 15.1 Å². The molecule has 1 aliphatic carbocycles. The van der Waals surface area contributed by atoms with Crippen molar-refractivity contribution in [1.82, 2.24) is 15.1 Å². The molecular weight excluding hydrogens is 232 g/mol. The summed E-state index contributed by atoms with van der Waals surface area (Å²) in [5, 5.41) is 3.89. The summed E-state index contributed by atoms with van der Waals surface area (Å²) in [5.74, 6) is 1.53. The van der Waals surface area contributed by atoms with E-state index in [9.17, 15) is 0 Å². The molecule has 2 aromatic rings. The summed E-state index contributed by atoms with van der Waals surface area (Å²) in [6.07, 6.45) is 4.19. The Morgan fingerprint density at radius 1 is 1.50 bits per heavy atom. The zero-order chi connectivity index (χ0) is 12.5. The van der Waals surface area contributed by atoms with Crippen LogP contribution in [0.15, 0.2) is 22.9 Å². The van der Waals surface area contributed by atoms with Crippen molar-refractivity contribution in [3.63, 3.8) is 0 Å². The van der Waals surface area contributed by atoms with Gasteiger partial charge in [-0.1, -0.05) is 5.16 Å². The highest BCUT2D eigenvalue weighted by Gasteiger charge is 2.24. The van der Waals surface area contributed by atoms with Crippen molar-refractivity contribution in [2.45, 2.75) is 31.9 Å². The van der Waals surface area contributed by atoms with Crippen molar-refractivity contribution in [2.24, 2.45) is 5.73 Å². The normalized spacial score (nSPS) is 16.6. The molecule has 0 bridgehead atoms. The Balaban J connectivity index is 1.85. The average Bonchev–Trinajstić information content (AvgIpc) is 3.03. The number of hydrogen-bond donors (Lipinski definition) is 1. The van der Waals surface area contributed by atoms with E-state index in [0.717, 1.165) is 18.4 Å². The van der Waals surface area contributed by atoms with E-state index in [1.807, 2.05) is 12.1 Å². The molecule has 3 rings (SSSR count). The molecule has 94 valence electrons. The molecule has 1 atom stereocenters. The van der Waals surface area contributed by atoms with Crippen molar-refractivity contribution in [2.75, 3.05) is 0 Å². The number of hydrogen-bond acceptors (Lipinski definition) is 6. The van der Waals surface area contributed by atoms with E-state index >= 15 is 0 Å². The lowest BCUT2D eigenvalue weighted by atomic mass is 10.2. The van der Waals surface area contributed by atoms with Crippen LogP contribution >= 0.6 is 0 Å². The molecule has 0 unspecified atom stereocenters. The Kier molecular flexibility index (Phi) is 2.71. The van der Waals surface area contributed by atoms with Crippen LogP contribution in [0.1, 0.15) is 31.7 Å². The molecule has 2 heterocycles. The first-order valence-electron chi connectivity index (χ1n) is 5.94. The summed E-state index contributed by atoms with van der Waals surface area (Å²) >= 11 is 0. The monoisotopic (exact) mass is 246 g/mol. The van der Waals surface area contributed by atoms with Gasteiger partial charge >= 0.3 is 0 Å². The average molecular weight is 246 g/mol. The fourth-order valence-corrected chi connectivity index (χ4v) is 1.51. The lowest BCUT2D eigenvalue weighted by Gasteiger charge is -2.03. The molecule has 1 fully saturated rings. The smallest absolute Gasteiger partial charge is 0.243 e. The van der Waals surface area contributed by atoms with Crippen LogP contribution in [0.2, 0.25) is 0 Å². The molecule has 6 heteroatoms. The number of nitrogens with zero attached hydrogens (tertiary/aromatic N) is 3. The van der Waals surface area contributed by atoms with Crippen LogP contribution in [0, 0.1) is 0 Å². The van der Waals surface area contributed by atoms with E-state index in [4.69, 9.17) is 15.0 Å². The maximum absolute atomic E-state index is 5.68. The second-order valence-corrected chi connectivity index (χ2v) is 4.44. The highest BCUT2D eigenvalue weighted by atomic mass is 16.5. The molecule has 2 aromatic heterocycles. The Bertz CT molecular complexity index is 549. The molecule has 0 saturated heterocycles. The van der Waals surface area contributed by atoms with Crippen LogP contribution in [0.3, 0.4) is 0 Å². The van der Waals surface area contributed by atoms with Gasteiger partial charge in [-0.2, -0.15) is 4.98 Å². The van der Waals surface area contributed by atoms with Crippen molar-refractivity contribution in [1.29, 1.82) is 0 Å². The number of pyridine rings is 1. The molecule has 18 heavy (non-hydrogen) atoms. The third kappa shape index (κ3) is 2.33. The highest BCUT2D eigenvalue weighted by Crippen LogP contribution is 2.27. The van der Waals surface area contributed by atoms with E-state index in [0.29, 0.717) is 23.7 Å². The van der Waals surface area contributed by atoms with Gasteiger partial charge in [0.25, 0.3) is 0 Å². The minimum absolute atomic E-state index is 0.268. The molecule has 0 aliphatic heterocycles. The number of rotatable bonds is 4. The molecule has 0 aromatic carbocycles. The lowest BCUT2D eigenvalue weighted by Crippen LogP contribution is -2.04. The van der Waals surface area contributed by atoms with Crippen LogP contribution in [0.5, 0.6) is 5.88 Å². The van der Waals surface area contributed by atoms with Gasteiger partial charge in [0.15, 0.2) is 0 Å². The summed E-state index contributed by atoms with van der Waals surface area (Å²) in [6.45, 7) is 1.80. The van der Waals surface area contributed by atoms with Crippen LogP contribution in [0.4, 0.5) is 0 Å². The van der Waals surface area contributed by atoms with Crippen molar-refractivity contribution in [3.05, 3.63) is 24.2 Å². The van der Waals surface area contributed by atoms with Crippen molar-refractivity contribution >= 4 is 0 Å². The summed E-state index contributed by atoms with van der Waals surface area (Å²) in [5.41, 5.74) is 6.49. The van der Waals surface area contributed by atoms with Gasteiger partial charge in [-0.05, 0) is 25.8 Å². The van der Waals surface area contributed by atoms with E-state index in [1.165, 1.54) is 0 Å². The fourth-order valence-electron chi connectivity index (χ4n) is 1.51. The Morgan fingerprint density at radius 3 is 3.00 bits per heavy atom. The zero-order valence-corrected chi connectivity index (χ0v) is 10.0. The van der Waals surface area contributed by atoms with Crippen LogP contribution in [-0.4, -0.2) is 21.2 Å². The van der Waals surface area contributed by atoms with E-state index < -0.39 is 0 Å². The Labute approximate surface area is 104 Å². The van der Waals surface area contributed by atoms with E-state index in [-0.39, 0.29) is 6.04 Å². The van der Waals surface area contributed by atoms with Gasteiger partial charge in [-0.3, -0.25) is 0 Å². The molecule has 0 spiro atoms. The molecule has 0 amide bonds. The van der Waals surface area contributed by atoms with Gasteiger partial charge in [-0.25, -0.2) is 4.98 Å². The lowest BCUT2D eigenvalue weighted by molar-refractivity contribution is 0.291. The van der Waals surface area contributed by atoms with Gasteiger partial charge in [0.1, 0.15) is 6.10 Å². The van der Waals surface area contributed by atoms with Crippen LogP contribution < -0.4 is 10.5 Å². The zero-order valence-electron chi connectivity index (χ0n) is 10.0. The standard InChI is InChI=1S/C12H14N4O2/c1-7(13)12-15-11(16-18-12)8-4-5-14-10(6-8)17-9-2-3-9/h4-7,9H,2-3,13H2,1H3/t7-/m0/s1. The SMILES string of the molecule is C[C@H](N)c1nc(-c2ccnc(OC3CC3)c2)no1. The van der Waals surface area contributed by atoms with Crippen molar-refractivity contribution in [3.8, 4) is 17.3 Å².